The standard InChI is InChI=1S/C16H23FN2O2/c1-3-8-16(21)11-19(12-16)10-15(20)18(2)9-13-6-4-5-7-14(13)17/h4-7,21H,3,8-12H2,1-2H3. The number of aliphatic hydroxyl groups is 1. The Bertz CT molecular complexity index is 501. The molecular weight excluding hydrogens is 271 g/mol. The molecule has 0 spiro atoms. The first-order chi connectivity index (χ1) is 9.93. The number of nitrogens with zero attached hydrogens (tertiary/aromatic N) is 2. The zero-order valence-electron chi connectivity index (χ0n) is 12.7. The molecule has 2 rings (SSSR count). The molecule has 1 saturated heterocycles. The summed E-state index contributed by atoms with van der Waals surface area (Å²) in [4.78, 5) is 15.6. The SMILES string of the molecule is CCCC1(O)CN(CC(=O)N(C)Cc2ccccc2F)C1. The maximum Gasteiger partial charge on any atom is 0.236 e. The molecule has 0 atom stereocenters. The smallest absolute Gasteiger partial charge is 0.236 e. The largest absolute Gasteiger partial charge is 0.387 e. The zero-order valence-corrected chi connectivity index (χ0v) is 12.7. The maximum absolute atomic E-state index is 13.6. The van der Waals surface area contributed by atoms with Crippen LogP contribution >= 0.6 is 0 Å². The van der Waals surface area contributed by atoms with E-state index in [-0.39, 0.29) is 24.8 Å². The highest BCUT2D eigenvalue weighted by Crippen LogP contribution is 2.25. The highest BCUT2D eigenvalue weighted by Gasteiger charge is 2.40. The third-order valence-electron chi connectivity index (χ3n) is 3.90. The summed E-state index contributed by atoms with van der Waals surface area (Å²) in [6, 6.07) is 6.48. The lowest BCUT2D eigenvalue weighted by atomic mass is 9.89. The average molecular weight is 294 g/mol. The van der Waals surface area contributed by atoms with Gasteiger partial charge in [-0.1, -0.05) is 31.5 Å². The second-order valence-corrected chi connectivity index (χ2v) is 5.96. The fourth-order valence-electron chi connectivity index (χ4n) is 2.80. The molecule has 0 unspecified atom stereocenters. The Morgan fingerprint density at radius 1 is 1.43 bits per heavy atom. The monoisotopic (exact) mass is 294 g/mol. The Hall–Kier alpha value is -1.46. The van der Waals surface area contributed by atoms with Crippen molar-refractivity contribution in [2.24, 2.45) is 0 Å². The second kappa shape index (κ2) is 6.54. The summed E-state index contributed by atoms with van der Waals surface area (Å²) in [6.45, 7) is 3.66. The Kier molecular flexibility index (Phi) is 4.96. The van der Waals surface area contributed by atoms with Gasteiger partial charge in [-0.2, -0.15) is 0 Å². The normalized spacial score (nSPS) is 17.3. The van der Waals surface area contributed by atoms with Crippen molar-refractivity contribution in [1.82, 2.24) is 9.80 Å². The molecule has 5 heteroatoms. The molecule has 1 aromatic rings. The molecule has 1 fully saturated rings. The minimum atomic E-state index is -0.626. The van der Waals surface area contributed by atoms with E-state index >= 15 is 0 Å². The molecule has 0 saturated carbocycles. The number of likely N-dealkylation sites (tertiary alicyclic amines) is 1. The van der Waals surface area contributed by atoms with Crippen molar-refractivity contribution in [3.8, 4) is 0 Å². The number of rotatable bonds is 6. The van der Waals surface area contributed by atoms with Crippen LogP contribution in [-0.2, 0) is 11.3 Å². The van der Waals surface area contributed by atoms with Gasteiger partial charge in [0.05, 0.1) is 12.1 Å². The van der Waals surface area contributed by atoms with Crippen LogP contribution in [0, 0.1) is 5.82 Å². The quantitative estimate of drug-likeness (QED) is 0.867. The van der Waals surface area contributed by atoms with Crippen LogP contribution in [0.4, 0.5) is 4.39 Å². The van der Waals surface area contributed by atoms with E-state index in [9.17, 15) is 14.3 Å². The van der Waals surface area contributed by atoms with E-state index in [1.54, 1.807) is 25.2 Å². The number of β-amino-alcohol motifs (C(OH)–C–C–N with tert-alkyl or cyclic N) is 1. The van der Waals surface area contributed by atoms with Crippen LogP contribution in [0.25, 0.3) is 0 Å². The van der Waals surface area contributed by atoms with E-state index in [2.05, 4.69) is 0 Å². The first kappa shape index (κ1) is 15.9. The van der Waals surface area contributed by atoms with E-state index in [0.717, 1.165) is 12.8 Å². The summed E-state index contributed by atoms with van der Waals surface area (Å²) in [6.07, 6.45) is 1.70. The van der Waals surface area contributed by atoms with Crippen molar-refractivity contribution in [1.29, 1.82) is 0 Å². The number of hydrogen-bond acceptors (Lipinski definition) is 3. The molecule has 1 aromatic carbocycles. The van der Waals surface area contributed by atoms with Gasteiger partial charge in [0, 0.05) is 32.2 Å². The van der Waals surface area contributed by atoms with Crippen molar-refractivity contribution in [2.45, 2.75) is 31.9 Å². The van der Waals surface area contributed by atoms with Crippen LogP contribution in [-0.4, -0.2) is 53.1 Å². The summed E-state index contributed by atoms with van der Waals surface area (Å²) in [5, 5.41) is 10.1. The summed E-state index contributed by atoms with van der Waals surface area (Å²) in [5.74, 6) is -0.352. The number of hydrogen-bond donors (Lipinski definition) is 1. The first-order valence-electron chi connectivity index (χ1n) is 7.35. The number of amides is 1. The Morgan fingerprint density at radius 2 is 2.10 bits per heavy atom. The van der Waals surface area contributed by atoms with Gasteiger partial charge in [0.2, 0.25) is 5.91 Å². The third-order valence-corrected chi connectivity index (χ3v) is 3.90. The van der Waals surface area contributed by atoms with Gasteiger partial charge in [-0.05, 0) is 12.5 Å². The summed E-state index contributed by atoms with van der Waals surface area (Å²) in [7, 11) is 1.67. The fourth-order valence-corrected chi connectivity index (χ4v) is 2.80. The highest BCUT2D eigenvalue weighted by atomic mass is 19.1. The molecule has 4 nitrogen and oxygen atoms in total. The summed E-state index contributed by atoms with van der Waals surface area (Å²) in [5.41, 5.74) is -0.112. The molecule has 0 aromatic heterocycles. The van der Waals surface area contributed by atoms with Crippen LogP contribution in [0.2, 0.25) is 0 Å². The van der Waals surface area contributed by atoms with Gasteiger partial charge in [0.15, 0.2) is 0 Å². The minimum absolute atomic E-state index is 0.0585. The lowest BCUT2D eigenvalue weighted by molar-refractivity contribution is -0.141. The third kappa shape index (κ3) is 4.02. The predicted molar refractivity (Wildman–Crippen MR) is 79.2 cm³/mol. The number of likely N-dealkylation sites (N-methyl/N-ethyl adjacent to an activating group) is 1. The van der Waals surface area contributed by atoms with Crippen molar-refractivity contribution < 1.29 is 14.3 Å². The molecule has 1 aliphatic heterocycles. The van der Waals surface area contributed by atoms with E-state index in [4.69, 9.17) is 0 Å². The van der Waals surface area contributed by atoms with Gasteiger partial charge in [-0.25, -0.2) is 4.39 Å². The predicted octanol–water partition coefficient (Wildman–Crippen LogP) is 1.63. The van der Waals surface area contributed by atoms with Crippen LogP contribution in [0.1, 0.15) is 25.3 Å². The minimum Gasteiger partial charge on any atom is -0.387 e. The lowest BCUT2D eigenvalue weighted by Gasteiger charge is -2.46. The fraction of sp³-hybridized carbons (Fsp3) is 0.562. The summed E-state index contributed by atoms with van der Waals surface area (Å²) < 4.78 is 13.6. The van der Waals surface area contributed by atoms with E-state index in [0.29, 0.717) is 18.7 Å². The Balaban J connectivity index is 1.81. The van der Waals surface area contributed by atoms with E-state index in [1.165, 1.54) is 11.0 Å². The van der Waals surface area contributed by atoms with Gasteiger partial charge in [-0.3, -0.25) is 9.69 Å². The molecular formula is C16H23FN2O2. The van der Waals surface area contributed by atoms with Crippen LogP contribution < -0.4 is 0 Å². The van der Waals surface area contributed by atoms with Crippen molar-refractivity contribution >= 4 is 5.91 Å². The number of carbonyl (C=O) groups is 1. The zero-order chi connectivity index (χ0) is 15.5. The van der Waals surface area contributed by atoms with Crippen LogP contribution in [0.5, 0.6) is 0 Å². The Morgan fingerprint density at radius 3 is 2.71 bits per heavy atom. The maximum atomic E-state index is 13.6. The van der Waals surface area contributed by atoms with Gasteiger partial charge in [-0.15, -0.1) is 0 Å². The topological polar surface area (TPSA) is 43.8 Å². The van der Waals surface area contributed by atoms with Gasteiger partial charge < -0.3 is 10.0 Å². The highest BCUT2D eigenvalue weighted by molar-refractivity contribution is 5.78. The summed E-state index contributed by atoms with van der Waals surface area (Å²) >= 11 is 0. The molecule has 1 N–H and O–H groups in total. The number of benzene rings is 1. The Labute approximate surface area is 125 Å². The first-order valence-corrected chi connectivity index (χ1v) is 7.35. The van der Waals surface area contributed by atoms with Gasteiger partial charge in [0.1, 0.15) is 5.82 Å². The molecule has 1 aliphatic rings. The second-order valence-electron chi connectivity index (χ2n) is 5.96. The molecule has 0 bridgehead atoms. The van der Waals surface area contributed by atoms with Crippen molar-refractivity contribution in [2.75, 3.05) is 26.7 Å². The van der Waals surface area contributed by atoms with Gasteiger partial charge >= 0.3 is 0 Å². The van der Waals surface area contributed by atoms with Crippen LogP contribution in [0.3, 0.4) is 0 Å². The van der Waals surface area contributed by atoms with Crippen molar-refractivity contribution in [3.05, 3.63) is 35.6 Å². The molecule has 0 radical (unpaired) electrons. The number of carbonyl (C=O) groups excluding carboxylic acids is 1. The molecule has 1 heterocycles. The van der Waals surface area contributed by atoms with Gasteiger partial charge in [0.25, 0.3) is 0 Å². The molecule has 116 valence electrons. The van der Waals surface area contributed by atoms with Crippen molar-refractivity contribution in [3.63, 3.8) is 0 Å². The molecule has 21 heavy (non-hydrogen) atoms. The van der Waals surface area contributed by atoms with E-state index < -0.39 is 5.60 Å². The molecule has 0 aliphatic carbocycles. The lowest BCUT2D eigenvalue weighted by Crippen LogP contribution is -2.63. The van der Waals surface area contributed by atoms with Crippen LogP contribution in [0.15, 0.2) is 24.3 Å². The molecule has 1 amide bonds. The number of halogens is 1. The average Bonchev–Trinajstić information content (AvgIpc) is 2.39. The van der Waals surface area contributed by atoms with E-state index in [1.807, 2.05) is 11.8 Å².